The van der Waals surface area contributed by atoms with Crippen molar-refractivity contribution in [2.24, 2.45) is 5.92 Å². The van der Waals surface area contributed by atoms with Crippen LogP contribution in [0.5, 0.6) is 0 Å². The first-order chi connectivity index (χ1) is 9.84. The van der Waals surface area contributed by atoms with Gasteiger partial charge in [-0.15, -0.1) is 0 Å². The highest BCUT2D eigenvalue weighted by molar-refractivity contribution is 5.17. The third-order valence-corrected chi connectivity index (χ3v) is 3.28. The molecule has 1 unspecified atom stereocenters. The minimum Gasteiger partial charge on any atom is -0.207 e. The van der Waals surface area contributed by atoms with Gasteiger partial charge in [-0.05, 0) is 30.4 Å². The standard InChI is InChI=1S/C8H8F2.C7H12F2.C2H6/c1-2-6-3-4-7(9)5-8(6)10;1-6-3-2-4-7(8,9)5-6;1-2/h3-5H,2H2,1H3;6H,2-5H2,1H3;1-2H3. The van der Waals surface area contributed by atoms with Crippen molar-refractivity contribution in [1.82, 2.24) is 0 Å². The SMILES string of the molecule is CC.CC1CCCC(F)(F)C1.CCc1ccc(F)cc1F. The van der Waals surface area contributed by atoms with E-state index in [1.54, 1.807) is 0 Å². The monoisotopic (exact) mass is 306 g/mol. The molecule has 2 rings (SSSR count). The van der Waals surface area contributed by atoms with Crippen molar-refractivity contribution in [2.75, 3.05) is 0 Å². The molecule has 1 aromatic rings. The van der Waals surface area contributed by atoms with Gasteiger partial charge in [0.2, 0.25) is 5.92 Å². The fourth-order valence-electron chi connectivity index (χ4n) is 2.23. The molecule has 1 aliphatic carbocycles. The van der Waals surface area contributed by atoms with E-state index >= 15 is 0 Å². The summed E-state index contributed by atoms with van der Waals surface area (Å²) < 4.78 is 49.8. The van der Waals surface area contributed by atoms with Crippen molar-refractivity contribution in [3.63, 3.8) is 0 Å². The Bertz CT molecular complexity index is 402. The van der Waals surface area contributed by atoms with E-state index in [0.29, 0.717) is 18.4 Å². The van der Waals surface area contributed by atoms with Crippen molar-refractivity contribution >= 4 is 0 Å². The first kappa shape index (κ1) is 19.9. The van der Waals surface area contributed by atoms with Crippen LogP contribution >= 0.6 is 0 Å². The summed E-state index contributed by atoms with van der Waals surface area (Å²) in [4.78, 5) is 0. The lowest BCUT2D eigenvalue weighted by Gasteiger charge is -2.25. The summed E-state index contributed by atoms with van der Waals surface area (Å²) in [5.41, 5.74) is 0.557. The minimum absolute atomic E-state index is 0.104. The normalized spacial score (nSPS) is 19.7. The summed E-state index contributed by atoms with van der Waals surface area (Å²) in [7, 11) is 0. The molecule has 1 saturated carbocycles. The van der Waals surface area contributed by atoms with E-state index in [-0.39, 0.29) is 18.8 Å². The van der Waals surface area contributed by atoms with Crippen molar-refractivity contribution < 1.29 is 17.6 Å². The molecule has 0 radical (unpaired) electrons. The average molecular weight is 306 g/mol. The number of rotatable bonds is 1. The van der Waals surface area contributed by atoms with Crippen LogP contribution < -0.4 is 0 Å². The Labute approximate surface area is 125 Å². The predicted octanol–water partition coefficient (Wildman–Crippen LogP) is 6.39. The van der Waals surface area contributed by atoms with Crippen molar-refractivity contribution in [2.45, 2.75) is 65.7 Å². The number of alkyl halides is 2. The molecule has 0 bridgehead atoms. The van der Waals surface area contributed by atoms with Gasteiger partial charge in [0, 0.05) is 18.9 Å². The molecule has 21 heavy (non-hydrogen) atoms. The van der Waals surface area contributed by atoms with Crippen LogP contribution in [-0.2, 0) is 6.42 Å². The zero-order chi connectivity index (χ0) is 16.5. The lowest BCUT2D eigenvalue weighted by molar-refractivity contribution is -0.0494. The summed E-state index contributed by atoms with van der Waals surface area (Å²) in [6, 6.07) is 3.63. The van der Waals surface area contributed by atoms with Gasteiger partial charge >= 0.3 is 0 Å². The fraction of sp³-hybridized carbons (Fsp3) is 0.647. The van der Waals surface area contributed by atoms with Gasteiger partial charge in [0.25, 0.3) is 0 Å². The van der Waals surface area contributed by atoms with Crippen LogP contribution in [0.1, 0.15) is 58.9 Å². The molecule has 1 fully saturated rings. The molecule has 1 aromatic carbocycles. The molecule has 0 heterocycles. The number of hydrogen-bond donors (Lipinski definition) is 0. The quantitative estimate of drug-likeness (QED) is 0.528. The molecule has 0 aromatic heterocycles. The van der Waals surface area contributed by atoms with Crippen molar-refractivity contribution in [1.29, 1.82) is 0 Å². The molecule has 0 saturated heterocycles. The van der Waals surface area contributed by atoms with Crippen LogP contribution in [0.3, 0.4) is 0 Å². The van der Waals surface area contributed by atoms with Gasteiger partial charge in [0.1, 0.15) is 11.6 Å². The first-order valence-corrected chi connectivity index (χ1v) is 7.66. The minimum atomic E-state index is -2.35. The third-order valence-electron chi connectivity index (χ3n) is 3.28. The van der Waals surface area contributed by atoms with Crippen molar-refractivity contribution in [3.8, 4) is 0 Å². The summed E-state index contributed by atoms with van der Waals surface area (Å²) in [5, 5.41) is 0. The highest BCUT2D eigenvalue weighted by Gasteiger charge is 2.33. The Morgan fingerprint density at radius 1 is 1.19 bits per heavy atom. The van der Waals surface area contributed by atoms with E-state index in [4.69, 9.17) is 0 Å². The second-order valence-corrected chi connectivity index (χ2v) is 5.15. The maximum Gasteiger partial charge on any atom is 0.248 e. The molecule has 0 nitrogen and oxygen atoms in total. The number of aryl methyl sites for hydroxylation is 1. The van der Waals surface area contributed by atoms with Crippen LogP contribution in [0.2, 0.25) is 0 Å². The topological polar surface area (TPSA) is 0 Å². The van der Waals surface area contributed by atoms with E-state index in [0.717, 1.165) is 12.5 Å². The molecule has 0 N–H and O–H groups in total. The summed E-state index contributed by atoms with van der Waals surface area (Å²) >= 11 is 0. The smallest absolute Gasteiger partial charge is 0.207 e. The molecule has 1 aliphatic rings. The molecule has 4 heteroatoms. The van der Waals surface area contributed by atoms with Gasteiger partial charge in [0.15, 0.2) is 0 Å². The summed E-state index contributed by atoms with van der Waals surface area (Å²) in [6.07, 6.45) is 2.50. The molecule has 1 atom stereocenters. The van der Waals surface area contributed by atoms with E-state index in [2.05, 4.69) is 0 Å². The molecular weight excluding hydrogens is 280 g/mol. The maximum atomic E-state index is 12.6. The zero-order valence-corrected chi connectivity index (χ0v) is 13.4. The van der Waals surface area contributed by atoms with Crippen LogP contribution in [0, 0.1) is 17.6 Å². The molecule has 0 amide bonds. The lowest BCUT2D eigenvalue weighted by Crippen LogP contribution is -2.24. The Kier molecular flexibility index (Phi) is 9.31. The van der Waals surface area contributed by atoms with Crippen LogP contribution in [-0.4, -0.2) is 5.92 Å². The largest absolute Gasteiger partial charge is 0.248 e. The fourth-order valence-corrected chi connectivity index (χ4v) is 2.23. The second-order valence-electron chi connectivity index (χ2n) is 5.15. The van der Waals surface area contributed by atoms with Gasteiger partial charge in [-0.3, -0.25) is 0 Å². The van der Waals surface area contributed by atoms with Crippen LogP contribution in [0.15, 0.2) is 18.2 Å². The van der Waals surface area contributed by atoms with Crippen LogP contribution in [0.4, 0.5) is 17.6 Å². The Balaban J connectivity index is 0.000000342. The predicted molar refractivity (Wildman–Crippen MR) is 79.7 cm³/mol. The van der Waals surface area contributed by atoms with Gasteiger partial charge in [-0.25, -0.2) is 17.6 Å². The van der Waals surface area contributed by atoms with E-state index in [1.165, 1.54) is 12.1 Å². The van der Waals surface area contributed by atoms with Gasteiger partial charge in [0.05, 0.1) is 0 Å². The molecule has 0 spiro atoms. The van der Waals surface area contributed by atoms with Gasteiger partial charge < -0.3 is 0 Å². The molecular formula is C17H26F4. The number of hydrogen-bond acceptors (Lipinski definition) is 0. The van der Waals surface area contributed by atoms with Crippen LogP contribution in [0.25, 0.3) is 0 Å². The average Bonchev–Trinajstić information content (AvgIpc) is 2.40. The van der Waals surface area contributed by atoms with E-state index < -0.39 is 17.6 Å². The maximum absolute atomic E-state index is 12.6. The molecule has 0 aliphatic heterocycles. The Morgan fingerprint density at radius 3 is 2.19 bits per heavy atom. The highest BCUT2D eigenvalue weighted by Crippen LogP contribution is 2.35. The Morgan fingerprint density at radius 2 is 1.81 bits per heavy atom. The lowest BCUT2D eigenvalue weighted by atomic mass is 9.88. The third kappa shape index (κ3) is 8.08. The number of halogens is 4. The first-order valence-electron chi connectivity index (χ1n) is 7.66. The van der Waals surface area contributed by atoms with Gasteiger partial charge in [-0.1, -0.05) is 40.2 Å². The number of benzene rings is 1. The summed E-state index contributed by atoms with van der Waals surface area (Å²) in [6.45, 7) is 7.73. The van der Waals surface area contributed by atoms with E-state index in [9.17, 15) is 17.6 Å². The Hall–Kier alpha value is -1.06. The summed E-state index contributed by atoms with van der Waals surface area (Å²) in [5.74, 6) is -3.09. The molecule has 122 valence electrons. The zero-order valence-electron chi connectivity index (χ0n) is 13.4. The second kappa shape index (κ2) is 9.80. The van der Waals surface area contributed by atoms with Gasteiger partial charge in [-0.2, -0.15) is 0 Å². The van der Waals surface area contributed by atoms with Crippen molar-refractivity contribution in [3.05, 3.63) is 35.4 Å². The van der Waals surface area contributed by atoms with E-state index in [1.807, 2.05) is 27.7 Å². The highest BCUT2D eigenvalue weighted by atomic mass is 19.3.